The third-order valence-corrected chi connectivity index (χ3v) is 2.52. The quantitative estimate of drug-likeness (QED) is 0.559. The Bertz CT molecular complexity index is 342. The second-order valence-electron chi connectivity index (χ2n) is 3.45. The predicted octanol–water partition coefficient (Wildman–Crippen LogP) is -0.460. The first-order chi connectivity index (χ1) is 6.68. The lowest BCUT2D eigenvalue weighted by Crippen LogP contribution is -2.36. The van der Waals surface area contributed by atoms with Crippen molar-refractivity contribution in [3.05, 3.63) is 29.6 Å². The fraction of sp³-hybridized carbons (Fsp3) is 0.333. The Balaban J connectivity index is 2.26. The van der Waals surface area contributed by atoms with E-state index in [2.05, 4.69) is 5.32 Å². The van der Waals surface area contributed by atoms with E-state index in [1.165, 1.54) is 12.1 Å². The molecule has 0 bridgehead atoms. The van der Waals surface area contributed by atoms with Crippen LogP contribution in [0.3, 0.4) is 0 Å². The molecule has 0 unspecified atom stereocenters. The Morgan fingerprint density at radius 3 is 2.57 bits per heavy atom. The second-order valence-corrected chi connectivity index (χ2v) is 3.45. The topological polar surface area (TPSA) is 52.5 Å². The summed E-state index contributed by atoms with van der Waals surface area (Å²) in [7, 11) is -1.60. The third kappa shape index (κ3) is 1.66. The van der Waals surface area contributed by atoms with Gasteiger partial charge in [-0.3, -0.25) is 0 Å². The number of nitrogens with one attached hydrogen (secondary N) is 1. The van der Waals surface area contributed by atoms with E-state index in [9.17, 15) is 4.39 Å². The molecule has 1 heterocycles. The van der Waals surface area contributed by atoms with Crippen LogP contribution < -0.4 is 10.8 Å². The minimum atomic E-state index is -1.60. The fourth-order valence-electron chi connectivity index (χ4n) is 1.54. The number of hydrogen-bond donors (Lipinski definition) is 3. The van der Waals surface area contributed by atoms with Crippen molar-refractivity contribution >= 4 is 12.6 Å². The minimum absolute atomic E-state index is 0.0832. The molecule has 0 amide bonds. The average Bonchev–Trinajstić information content (AvgIpc) is 2.04. The highest BCUT2D eigenvalue weighted by Crippen LogP contribution is 2.24. The molecule has 0 saturated carbocycles. The van der Waals surface area contributed by atoms with Gasteiger partial charge in [0.05, 0.1) is 0 Å². The molecule has 1 atom stereocenters. The van der Waals surface area contributed by atoms with Crippen LogP contribution in [0, 0.1) is 5.82 Å². The highest BCUT2D eigenvalue weighted by Gasteiger charge is 2.22. The van der Waals surface area contributed by atoms with Crippen LogP contribution in [0.1, 0.15) is 18.0 Å². The fourth-order valence-corrected chi connectivity index (χ4v) is 1.54. The summed E-state index contributed by atoms with van der Waals surface area (Å²) in [5, 5.41) is 20.7. The number of benzene rings is 1. The van der Waals surface area contributed by atoms with Crippen LogP contribution in [-0.2, 0) is 0 Å². The van der Waals surface area contributed by atoms with Gasteiger partial charge in [0.2, 0.25) is 0 Å². The summed E-state index contributed by atoms with van der Waals surface area (Å²) in [4.78, 5) is 0. The van der Waals surface area contributed by atoms with Gasteiger partial charge >= 0.3 is 7.12 Å². The number of hydrogen-bond acceptors (Lipinski definition) is 3. The Labute approximate surface area is 81.7 Å². The molecule has 0 aliphatic carbocycles. The van der Waals surface area contributed by atoms with Crippen LogP contribution in [0.5, 0.6) is 0 Å². The smallest absolute Gasteiger partial charge is 0.423 e. The van der Waals surface area contributed by atoms with Gasteiger partial charge in [0.15, 0.2) is 0 Å². The molecule has 1 aliphatic heterocycles. The molecule has 2 rings (SSSR count). The number of rotatable bonds is 2. The Kier molecular flexibility index (Phi) is 2.54. The molecule has 0 spiro atoms. The maximum atomic E-state index is 13.4. The van der Waals surface area contributed by atoms with Crippen molar-refractivity contribution in [2.24, 2.45) is 0 Å². The summed E-state index contributed by atoms with van der Waals surface area (Å²) in [5.74, 6) is -0.382. The van der Waals surface area contributed by atoms with Gasteiger partial charge in [0, 0.05) is 11.6 Å². The lowest BCUT2D eigenvalue weighted by atomic mass is 9.79. The van der Waals surface area contributed by atoms with E-state index >= 15 is 0 Å². The molecular weight excluding hydrogens is 184 g/mol. The van der Waals surface area contributed by atoms with Crippen LogP contribution in [0.2, 0.25) is 0 Å². The monoisotopic (exact) mass is 195 g/mol. The number of halogens is 1. The lowest BCUT2D eigenvalue weighted by molar-refractivity contribution is 0.370. The predicted molar refractivity (Wildman–Crippen MR) is 51.6 cm³/mol. The highest BCUT2D eigenvalue weighted by atomic mass is 19.1. The van der Waals surface area contributed by atoms with Crippen LogP contribution in [0.25, 0.3) is 0 Å². The van der Waals surface area contributed by atoms with Gasteiger partial charge in [-0.05, 0) is 24.5 Å². The van der Waals surface area contributed by atoms with Gasteiger partial charge in [0.25, 0.3) is 0 Å². The summed E-state index contributed by atoms with van der Waals surface area (Å²) in [6.07, 6.45) is 0.929. The zero-order valence-electron chi connectivity index (χ0n) is 7.57. The lowest BCUT2D eigenvalue weighted by Gasteiger charge is -2.28. The van der Waals surface area contributed by atoms with Crippen molar-refractivity contribution in [1.29, 1.82) is 0 Å². The van der Waals surface area contributed by atoms with Gasteiger partial charge in [0.1, 0.15) is 5.82 Å². The van der Waals surface area contributed by atoms with E-state index in [0.717, 1.165) is 13.0 Å². The Morgan fingerprint density at radius 2 is 2.14 bits per heavy atom. The molecule has 14 heavy (non-hydrogen) atoms. The van der Waals surface area contributed by atoms with Crippen molar-refractivity contribution in [2.45, 2.75) is 12.5 Å². The summed E-state index contributed by atoms with van der Waals surface area (Å²) >= 11 is 0. The van der Waals surface area contributed by atoms with E-state index in [1.807, 2.05) is 0 Å². The summed E-state index contributed by atoms with van der Waals surface area (Å²) in [6.45, 7) is 0.911. The third-order valence-electron chi connectivity index (χ3n) is 2.52. The van der Waals surface area contributed by atoms with Crippen molar-refractivity contribution < 1.29 is 14.4 Å². The van der Waals surface area contributed by atoms with Gasteiger partial charge in [-0.1, -0.05) is 12.1 Å². The average molecular weight is 195 g/mol. The zero-order valence-corrected chi connectivity index (χ0v) is 7.57. The Morgan fingerprint density at radius 1 is 1.43 bits per heavy atom. The second kappa shape index (κ2) is 3.69. The van der Waals surface area contributed by atoms with Gasteiger partial charge in [-0.2, -0.15) is 0 Å². The van der Waals surface area contributed by atoms with Gasteiger partial charge < -0.3 is 15.4 Å². The van der Waals surface area contributed by atoms with Gasteiger partial charge in [-0.15, -0.1) is 0 Å². The molecular formula is C9H11BFNO2. The molecule has 3 nitrogen and oxygen atoms in total. The molecule has 5 heteroatoms. The van der Waals surface area contributed by atoms with Crippen molar-refractivity contribution in [1.82, 2.24) is 5.32 Å². The van der Waals surface area contributed by atoms with Crippen LogP contribution in [0.4, 0.5) is 4.39 Å². The largest absolute Gasteiger partial charge is 0.488 e. The maximum Gasteiger partial charge on any atom is 0.488 e. The standard InChI is InChI=1S/C9H11BFNO2/c11-8-5-6(10(13)14)1-2-7(8)9-3-4-12-9/h1-2,5,9,12-14H,3-4H2/t9-/m0/s1. The SMILES string of the molecule is OB(O)c1ccc([C@@H]2CCN2)c(F)c1. The minimum Gasteiger partial charge on any atom is -0.423 e. The van der Waals surface area contributed by atoms with Crippen LogP contribution in [-0.4, -0.2) is 23.7 Å². The summed E-state index contributed by atoms with van der Waals surface area (Å²) < 4.78 is 13.4. The van der Waals surface area contributed by atoms with E-state index in [1.54, 1.807) is 6.07 Å². The molecule has 74 valence electrons. The summed E-state index contributed by atoms with van der Waals surface area (Å²) in [5.41, 5.74) is 0.784. The van der Waals surface area contributed by atoms with E-state index in [4.69, 9.17) is 10.0 Å². The van der Waals surface area contributed by atoms with Crippen LogP contribution >= 0.6 is 0 Å². The molecule has 0 aromatic heterocycles. The van der Waals surface area contributed by atoms with Gasteiger partial charge in [-0.25, -0.2) is 4.39 Å². The molecule has 1 aromatic carbocycles. The first-order valence-corrected chi connectivity index (χ1v) is 4.57. The molecule has 3 N–H and O–H groups in total. The first kappa shape index (κ1) is 9.64. The van der Waals surface area contributed by atoms with Crippen molar-refractivity contribution in [2.75, 3.05) is 6.54 Å². The van der Waals surface area contributed by atoms with Crippen molar-refractivity contribution in [3.63, 3.8) is 0 Å². The molecule has 1 aliphatic rings. The molecule has 1 aromatic rings. The van der Waals surface area contributed by atoms with E-state index < -0.39 is 7.12 Å². The molecule has 1 fully saturated rings. The summed E-state index contributed by atoms with van der Waals surface area (Å²) in [6, 6.07) is 4.38. The maximum absolute atomic E-state index is 13.4. The molecule has 0 radical (unpaired) electrons. The van der Waals surface area contributed by atoms with Crippen molar-refractivity contribution in [3.8, 4) is 0 Å². The normalized spacial score (nSPS) is 20.4. The first-order valence-electron chi connectivity index (χ1n) is 4.57. The zero-order chi connectivity index (χ0) is 10.1. The van der Waals surface area contributed by atoms with E-state index in [-0.39, 0.29) is 17.3 Å². The Hall–Kier alpha value is -0.905. The highest BCUT2D eigenvalue weighted by molar-refractivity contribution is 6.58. The van der Waals surface area contributed by atoms with Crippen LogP contribution in [0.15, 0.2) is 18.2 Å². The van der Waals surface area contributed by atoms with E-state index in [0.29, 0.717) is 5.56 Å². The molecule has 1 saturated heterocycles.